The molecular weight excluding hydrogens is 406 g/mol. The fraction of sp³-hybridized carbons (Fsp3) is 0.667. The number of aliphatic hydroxyl groups excluding tert-OH is 1. The summed E-state index contributed by atoms with van der Waals surface area (Å²) in [6.07, 6.45) is 3.34. The van der Waals surface area contributed by atoms with Crippen LogP contribution < -0.4 is 9.46 Å². The zero-order valence-corrected chi connectivity index (χ0v) is 19.0. The van der Waals surface area contributed by atoms with Crippen molar-refractivity contribution in [3.05, 3.63) is 23.8 Å². The third-order valence-corrected chi connectivity index (χ3v) is 6.34. The maximum Gasteiger partial charge on any atom is 0.258 e. The van der Waals surface area contributed by atoms with Crippen molar-refractivity contribution in [1.29, 1.82) is 0 Å². The van der Waals surface area contributed by atoms with E-state index in [0.717, 1.165) is 18.7 Å². The first-order valence-corrected chi connectivity index (χ1v) is 12.4. The van der Waals surface area contributed by atoms with E-state index in [-0.39, 0.29) is 42.0 Å². The number of aliphatic hydroxyl groups is 1. The molecule has 8 nitrogen and oxygen atoms in total. The number of anilines is 1. The van der Waals surface area contributed by atoms with Crippen molar-refractivity contribution in [2.75, 3.05) is 44.3 Å². The molecular formula is C21H33N3O5S. The molecule has 30 heavy (non-hydrogen) atoms. The average molecular weight is 440 g/mol. The number of sulfonamides is 1. The first kappa shape index (κ1) is 22.8. The van der Waals surface area contributed by atoms with Crippen LogP contribution in [0.1, 0.15) is 37.0 Å². The van der Waals surface area contributed by atoms with E-state index in [1.54, 1.807) is 30.0 Å². The van der Waals surface area contributed by atoms with Gasteiger partial charge in [-0.15, -0.1) is 0 Å². The van der Waals surface area contributed by atoms with E-state index in [1.807, 2.05) is 6.92 Å². The number of rotatable bonds is 8. The quantitative estimate of drug-likeness (QED) is 0.639. The van der Waals surface area contributed by atoms with Gasteiger partial charge in [0.1, 0.15) is 6.10 Å². The van der Waals surface area contributed by atoms with E-state index in [2.05, 4.69) is 16.7 Å². The van der Waals surface area contributed by atoms with Gasteiger partial charge in [-0.1, -0.05) is 13.0 Å². The maximum atomic E-state index is 13.3. The summed E-state index contributed by atoms with van der Waals surface area (Å²) in [4.78, 5) is 17.2. The second-order valence-electron chi connectivity index (χ2n) is 8.84. The normalized spacial score (nSPS) is 23.4. The topological polar surface area (TPSA) is 99.2 Å². The Labute approximate surface area is 179 Å². The highest BCUT2D eigenvalue weighted by atomic mass is 32.2. The molecule has 0 spiro atoms. The van der Waals surface area contributed by atoms with Gasteiger partial charge in [0.05, 0.1) is 30.2 Å². The Morgan fingerprint density at radius 3 is 2.63 bits per heavy atom. The minimum atomic E-state index is -3.55. The maximum absolute atomic E-state index is 13.3. The van der Waals surface area contributed by atoms with Gasteiger partial charge in [-0.3, -0.25) is 9.52 Å². The smallest absolute Gasteiger partial charge is 0.258 e. The lowest BCUT2D eigenvalue weighted by Gasteiger charge is -2.38. The Hall–Kier alpha value is -1.84. The van der Waals surface area contributed by atoms with E-state index < -0.39 is 10.0 Å². The van der Waals surface area contributed by atoms with Crippen LogP contribution >= 0.6 is 0 Å². The highest BCUT2D eigenvalue weighted by Gasteiger charge is 2.35. The van der Waals surface area contributed by atoms with Gasteiger partial charge in [0.25, 0.3) is 5.91 Å². The zero-order valence-electron chi connectivity index (χ0n) is 18.2. The minimum absolute atomic E-state index is 0.0101. The van der Waals surface area contributed by atoms with Gasteiger partial charge in [-0.25, -0.2) is 8.42 Å². The van der Waals surface area contributed by atoms with Crippen LogP contribution in [0.15, 0.2) is 18.2 Å². The van der Waals surface area contributed by atoms with Gasteiger partial charge < -0.3 is 19.6 Å². The Morgan fingerprint density at radius 1 is 1.33 bits per heavy atom. The van der Waals surface area contributed by atoms with Gasteiger partial charge in [0, 0.05) is 25.6 Å². The monoisotopic (exact) mass is 439 g/mol. The molecule has 3 atom stereocenters. The van der Waals surface area contributed by atoms with Crippen LogP contribution in [0.2, 0.25) is 0 Å². The van der Waals surface area contributed by atoms with Crippen LogP contribution in [-0.4, -0.2) is 80.9 Å². The Bertz CT molecular complexity index is 871. The number of nitrogens with zero attached hydrogens (tertiary/aromatic N) is 2. The van der Waals surface area contributed by atoms with Crippen molar-refractivity contribution in [1.82, 2.24) is 9.80 Å². The molecule has 1 saturated carbocycles. The van der Waals surface area contributed by atoms with Crippen molar-refractivity contribution in [2.24, 2.45) is 11.8 Å². The minimum Gasteiger partial charge on any atom is -0.486 e. The van der Waals surface area contributed by atoms with Crippen molar-refractivity contribution in [2.45, 2.75) is 38.8 Å². The molecule has 0 unspecified atom stereocenters. The van der Waals surface area contributed by atoms with Crippen LogP contribution in [-0.2, 0) is 10.0 Å². The number of fused-ring (bicyclic) bond motifs is 1. The van der Waals surface area contributed by atoms with Crippen LogP contribution in [0.3, 0.4) is 0 Å². The van der Waals surface area contributed by atoms with E-state index in [0.29, 0.717) is 18.7 Å². The molecule has 0 bridgehead atoms. The van der Waals surface area contributed by atoms with Gasteiger partial charge in [0.15, 0.2) is 5.75 Å². The Balaban J connectivity index is 1.99. The molecule has 0 aromatic heterocycles. The molecule has 1 heterocycles. The molecule has 3 rings (SSSR count). The summed E-state index contributed by atoms with van der Waals surface area (Å²) in [5.74, 6) is 0.699. The molecule has 9 heteroatoms. The molecule has 0 saturated heterocycles. The lowest BCUT2D eigenvalue weighted by Crippen LogP contribution is -2.50. The van der Waals surface area contributed by atoms with Crippen LogP contribution in [0.4, 0.5) is 5.69 Å². The molecule has 1 aromatic carbocycles. The van der Waals surface area contributed by atoms with Crippen molar-refractivity contribution < 1.29 is 23.1 Å². The average Bonchev–Trinajstić information content (AvgIpc) is 3.47. The fourth-order valence-electron chi connectivity index (χ4n) is 3.86. The van der Waals surface area contributed by atoms with Gasteiger partial charge in [-0.2, -0.15) is 0 Å². The van der Waals surface area contributed by atoms with E-state index in [9.17, 15) is 18.3 Å². The van der Waals surface area contributed by atoms with Gasteiger partial charge in [0.2, 0.25) is 10.0 Å². The number of carbonyl (C=O) groups excluding carboxylic acids is 1. The summed E-state index contributed by atoms with van der Waals surface area (Å²) in [5.41, 5.74) is 0.551. The molecule has 1 amide bonds. The lowest BCUT2D eigenvalue weighted by atomic mass is 9.99. The first-order valence-electron chi connectivity index (χ1n) is 10.5. The number of likely N-dealkylation sites (N-methyl/N-ethyl adjacent to an activating group) is 1. The van der Waals surface area contributed by atoms with Crippen molar-refractivity contribution in [3.63, 3.8) is 0 Å². The molecule has 1 aliphatic heterocycles. The lowest BCUT2D eigenvalue weighted by molar-refractivity contribution is 0.0346. The number of hydrogen-bond acceptors (Lipinski definition) is 6. The summed E-state index contributed by atoms with van der Waals surface area (Å²) in [7, 11) is -1.49. The largest absolute Gasteiger partial charge is 0.486 e. The molecule has 2 aliphatic rings. The molecule has 168 valence electrons. The molecule has 1 aliphatic carbocycles. The molecule has 2 N–H and O–H groups in total. The number of amides is 1. The summed E-state index contributed by atoms with van der Waals surface area (Å²) in [5, 5.41) is 9.70. The highest BCUT2D eigenvalue weighted by molar-refractivity contribution is 7.92. The van der Waals surface area contributed by atoms with E-state index >= 15 is 0 Å². The van der Waals surface area contributed by atoms with Gasteiger partial charge >= 0.3 is 0 Å². The standard InChI is InChI=1S/C21H33N3O5S/c1-14-10-24(15(2)13-25)21(26)17-6-5-7-18(22-30(4,27)28)20(17)29-19(14)12-23(3)11-16-8-9-16/h5-7,14-16,19,22,25H,8-13H2,1-4H3/t14-,15+,19+/m1/s1. The second-order valence-corrected chi connectivity index (χ2v) is 10.6. The third kappa shape index (κ3) is 5.65. The first-order chi connectivity index (χ1) is 14.1. The van der Waals surface area contributed by atoms with E-state index in [1.165, 1.54) is 12.8 Å². The summed E-state index contributed by atoms with van der Waals surface area (Å²) < 4.78 is 32.6. The number of carbonyl (C=O) groups is 1. The predicted molar refractivity (Wildman–Crippen MR) is 116 cm³/mol. The second kappa shape index (κ2) is 9.11. The zero-order chi connectivity index (χ0) is 22.1. The molecule has 1 aromatic rings. The number of nitrogens with one attached hydrogen (secondary N) is 1. The predicted octanol–water partition coefficient (Wildman–Crippen LogP) is 1.62. The SMILES string of the molecule is C[C@@H]1CN([C@@H](C)CO)C(=O)c2cccc(NS(C)(=O)=O)c2O[C@H]1CN(C)CC1CC1. The van der Waals surface area contributed by atoms with Crippen molar-refractivity contribution in [3.8, 4) is 5.75 Å². The Kier molecular flexibility index (Phi) is 6.94. The summed E-state index contributed by atoms with van der Waals surface area (Å²) >= 11 is 0. The van der Waals surface area contributed by atoms with Crippen molar-refractivity contribution >= 4 is 21.6 Å². The molecule has 1 fully saturated rings. The summed E-state index contributed by atoms with van der Waals surface area (Å²) in [6.45, 7) is 5.79. The molecule has 0 radical (unpaired) electrons. The number of hydrogen-bond donors (Lipinski definition) is 2. The van der Waals surface area contributed by atoms with Crippen LogP contribution in [0.25, 0.3) is 0 Å². The number of para-hydroxylation sites is 1. The van der Waals surface area contributed by atoms with E-state index in [4.69, 9.17) is 4.74 Å². The highest BCUT2D eigenvalue weighted by Crippen LogP contribution is 2.35. The van der Waals surface area contributed by atoms with Crippen LogP contribution in [0, 0.1) is 11.8 Å². The summed E-state index contributed by atoms with van der Waals surface area (Å²) in [6, 6.07) is 4.52. The van der Waals surface area contributed by atoms with Gasteiger partial charge in [-0.05, 0) is 44.9 Å². The Morgan fingerprint density at radius 2 is 2.03 bits per heavy atom. The number of ether oxygens (including phenoxy) is 1. The fourth-order valence-corrected chi connectivity index (χ4v) is 4.42. The van der Waals surface area contributed by atoms with Crippen LogP contribution in [0.5, 0.6) is 5.75 Å². The third-order valence-electron chi connectivity index (χ3n) is 5.74. The number of benzene rings is 1.